The van der Waals surface area contributed by atoms with E-state index in [0.29, 0.717) is 12.5 Å². The molecule has 0 aromatic carbocycles. The Hall–Kier alpha value is -0.120. The Morgan fingerprint density at radius 1 is 1.47 bits per heavy atom. The monoisotopic (exact) mass is 243 g/mol. The van der Waals surface area contributed by atoms with Crippen LogP contribution in [0.4, 0.5) is 0 Å². The average molecular weight is 243 g/mol. The molecule has 0 saturated carbocycles. The Kier molecular flexibility index (Phi) is 6.45. The fourth-order valence-electron chi connectivity index (χ4n) is 3.02. The smallest absolute Gasteiger partial charge is 0.0502 e. The molecule has 1 aliphatic rings. The van der Waals surface area contributed by atoms with Crippen LogP contribution in [0.3, 0.4) is 0 Å². The normalized spacial score (nSPS) is 25.8. The van der Waals surface area contributed by atoms with Crippen molar-refractivity contribution < 1.29 is 9.84 Å². The molecule has 2 unspecified atom stereocenters. The number of hydrogen-bond donors (Lipinski definition) is 1. The highest BCUT2D eigenvalue weighted by Crippen LogP contribution is 2.26. The van der Waals surface area contributed by atoms with E-state index in [1.807, 2.05) is 0 Å². The second-order valence-corrected chi connectivity index (χ2v) is 5.92. The standard InChI is InChI=1S/C14H29NO2/c1-4-7-14(2,12-16)11-15-8-5-6-13(9-15)10-17-3/h13,16H,4-12H2,1-3H3. The largest absolute Gasteiger partial charge is 0.396 e. The quantitative estimate of drug-likeness (QED) is 0.743. The first kappa shape index (κ1) is 14.9. The highest BCUT2D eigenvalue weighted by Gasteiger charge is 2.28. The van der Waals surface area contributed by atoms with Crippen LogP contribution in [0.25, 0.3) is 0 Å². The predicted octanol–water partition coefficient (Wildman–Crippen LogP) is 2.14. The van der Waals surface area contributed by atoms with Crippen molar-refractivity contribution in [2.24, 2.45) is 11.3 Å². The molecule has 1 aliphatic heterocycles. The van der Waals surface area contributed by atoms with E-state index in [0.717, 1.165) is 32.5 Å². The highest BCUT2D eigenvalue weighted by atomic mass is 16.5. The predicted molar refractivity (Wildman–Crippen MR) is 71.1 cm³/mol. The van der Waals surface area contributed by atoms with E-state index < -0.39 is 0 Å². The lowest BCUT2D eigenvalue weighted by atomic mass is 9.85. The minimum absolute atomic E-state index is 0.0731. The molecule has 1 fully saturated rings. The van der Waals surface area contributed by atoms with Gasteiger partial charge in [-0.25, -0.2) is 0 Å². The maximum atomic E-state index is 9.56. The number of aliphatic hydroxyl groups is 1. The van der Waals surface area contributed by atoms with Gasteiger partial charge in [-0.2, -0.15) is 0 Å². The van der Waals surface area contributed by atoms with Gasteiger partial charge in [0.15, 0.2) is 0 Å². The number of aliphatic hydroxyl groups excluding tert-OH is 1. The lowest BCUT2D eigenvalue weighted by molar-refractivity contribution is 0.0398. The van der Waals surface area contributed by atoms with Crippen molar-refractivity contribution in [3.63, 3.8) is 0 Å². The van der Waals surface area contributed by atoms with Gasteiger partial charge < -0.3 is 14.7 Å². The topological polar surface area (TPSA) is 32.7 Å². The van der Waals surface area contributed by atoms with E-state index in [-0.39, 0.29) is 5.41 Å². The molecule has 1 N–H and O–H groups in total. The number of likely N-dealkylation sites (tertiary alicyclic amines) is 1. The Bertz CT molecular complexity index is 208. The molecule has 0 aliphatic carbocycles. The lowest BCUT2D eigenvalue weighted by Gasteiger charge is -2.38. The highest BCUT2D eigenvalue weighted by molar-refractivity contribution is 4.81. The first-order valence-electron chi connectivity index (χ1n) is 6.95. The summed E-state index contributed by atoms with van der Waals surface area (Å²) in [7, 11) is 1.79. The summed E-state index contributed by atoms with van der Waals surface area (Å²) in [4.78, 5) is 2.51. The fourth-order valence-corrected chi connectivity index (χ4v) is 3.02. The van der Waals surface area contributed by atoms with E-state index in [9.17, 15) is 5.11 Å². The van der Waals surface area contributed by atoms with Crippen LogP contribution >= 0.6 is 0 Å². The molecule has 0 amide bonds. The van der Waals surface area contributed by atoms with Crippen LogP contribution in [0.5, 0.6) is 0 Å². The maximum Gasteiger partial charge on any atom is 0.0502 e. The molecule has 1 saturated heterocycles. The summed E-state index contributed by atoms with van der Waals surface area (Å²) in [5.41, 5.74) is 0.0731. The van der Waals surface area contributed by atoms with Crippen LogP contribution < -0.4 is 0 Å². The first-order valence-corrected chi connectivity index (χ1v) is 6.95. The summed E-state index contributed by atoms with van der Waals surface area (Å²) in [6, 6.07) is 0. The third-order valence-electron chi connectivity index (χ3n) is 3.85. The van der Waals surface area contributed by atoms with Crippen molar-refractivity contribution in [1.82, 2.24) is 4.90 Å². The minimum atomic E-state index is 0.0731. The zero-order valence-corrected chi connectivity index (χ0v) is 11.7. The van der Waals surface area contributed by atoms with Crippen molar-refractivity contribution in [2.45, 2.75) is 39.5 Å². The van der Waals surface area contributed by atoms with Gasteiger partial charge in [0.1, 0.15) is 0 Å². The molecule has 3 heteroatoms. The Morgan fingerprint density at radius 3 is 2.82 bits per heavy atom. The second kappa shape index (κ2) is 7.34. The molecule has 0 bridgehead atoms. The molecule has 2 atom stereocenters. The molecular weight excluding hydrogens is 214 g/mol. The van der Waals surface area contributed by atoms with Gasteiger partial charge >= 0.3 is 0 Å². The van der Waals surface area contributed by atoms with Gasteiger partial charge in [0, 0.05) is 32.2 Å². The van der Waals surface area contributed by atoms with Crippen LogP contribution in [0.1, 0.15) is 39.5 Å². The summed E-state index contributed by atoms with van der Waals surface area (Å²) in [6.07, 6.45) is 4.80. The second-order valence-electron chi connectivity index (χ2n) is 5.92. The molecule has 0 aromatic heterocycles. The summed E-state index contributed by atoms with van der Waals surface area (Å²) in [6.45, 7) is 8.91. The van der Waals surface area contributed by atoms with E-state index in [1.54, 1.807) is 7.11 Å². The summed E-state index contributed by atoms with van der Waals surface area (Å²) < 4.78 is 5.26. The molecule has 0 spiro atoms. The van der Waals surface area contributed by atoms with E-state index in [2.05, 4.69) is 18.7 Å². The summed E-state index contributed by atoms with van der Waals surface area (Å²) in [5, 5.41) is 9.56. The van der Waals surface area contributed by atoms with Gasteiger partial charge in [-0.05, 0) is 31.7 Å². The molecule has 0 aromatic rings. The summed E-state index contributed by atoms with van der Waals surface area (Å²) in [5.74, 6) is 0.679. The van der Waals surface area contributed by atoms with E-state index in [4.69, 9.17) is 4.74 Å². The zero-order chi connectivity index (χ0) is 12.7. The zero-order valence-electron chi connectivity index (χ0n) is 11.7. The van der Waals surface area contributed by atoms with Crippen LogP contribution in [0, 0.1) is 11.3 Å². The molecular formula is C14H29NO2. The van der Waals surface area contributed by atoms with Crippen LogP contribution in [-0.2, 0) is 4.74 Å². The number of piperidine rings is 1. The molecule has 3 nitrogen and oxygen atoms in total. The van der Waals surface area contributed by atoms with Crippen LogP contribution in [0.15, 0.2) is 0 Å². The molecule has 0 radical (unpaired) electrons. The van der Waals surface area contributed by atoms with Crippen LogP contribution in [0.2, 0.25) is 0 Å². The van der Waals surface area contributed by atoms with Gasteiger partial charge in [-0.1, -0.05) is 20.3 Å². The van der Waals surface area contributed by atoms with Crippen molar-refractivity contribution in [3.05, 3.63) is 0 Å². The Labute approximate surface area is 106 Å². The summed E-state index contributed by atoms with van der Waals surface area (Å²) >= 11 is 0. The van der Waals surface area contributed by atoms with Crippen molar-refractivity contribution >= 4 is 0 Å². The van der Waals surface area contributed by atoms with Gasteiger partial charge in [0.25, 0.3) is 0 Å². The number of nitrogens with zero attached hydrogens (tertiary/aromatic N) is 1. The van der Waals surface area contributed by atoms with Crippen molar-refractivity contribution in [1.29, 1.82) is 0 Å². The molecule has 17 heavy (non-hydrogen) atoms. The maximum absolute atomic E-state index is 9.56. The van der Waals surface area contributed by atoms with Crippen molar-refractivity contribution in [3.8, 4) is 0 Å². The SMILES string of the molecule is CCCC(C)(CO)CN1CCCC(COC)C1. The van der Waals surface area contributed by atoms with Crippen molar-refractivity contribution in [2.75, 3.05) is 40.0 Å². The number of rotatable bonds is 7. The first-order chi connectivity index (χ1) is 8.13. The molecule has 102 valence electrons. The minimum Gasteiger partial charge on any atom is -0.396 e. The number of ether oxygens (including phenoxy) is 1. The third-order valence-corrected chi connectivity index (χ3v) is 3.85. The Morgan fingerprint density at radius 2 is 2.24 bits per heavy atom. The van der Waals surface area contributed by atoms with Gasteiger partial charge in [-0.3, -0.25) is 0 Å². The molecule has 1 rings (SSSR count). The molecule has 1 heterocycles. The van der Waals surface area contributed by atoms with E-state index in [1.165, 1.54) is 19.4 Å². The van der Waals surface area contributed by atoms with E-state index >= 15 is 0 Å². The number of methoxy groups -OCH3 is 1. The lowest BCUT2D eigenvalue weighted by Crippen LogP contribution is -2.44. The van der Waals surface area contributed by atoms with Gasteiger partial charge in [0.05, 0.1) is 6.61 Å². The average Bonchev–Trinajstić information content (AvgIpc) is 2.30. The van der Waals surface area contributed by atoms with Gasteiger partial charge in [0.2, 0.25) is 0 Å². The number of hydrogen-bond acceptors (Lipinski definition) is 3. The fraction of sp³-hybridized carbons (Fsp3) is 1.00. The Balaban J connectivity index is 2.43. The van der Waals surface area contributed by atoms with Crippen LogP contribution in [-0.4, -0.2) is 50.0 Å². The third kappa shape index (κ3) is 4.94. The van der Waals surface area contributed by atoms with Gasteiger partial charge in [-0.15, -0.1) is 0 Å².